The summed E-state index contributed by atoms with van der Waals surface area (Å²) in [6, 6.07) is 15.7. The van der Waals surface area contributed by atoms with Gasteiger partial charge in [-0.3, -0.25) is 14.9 Å². The molecule has 0 fully saturated rings. The minimum absolute atomic E-state index is 0.000194. The van der Waals surface area contributed by atoms with Gasteiger partial charge in [-0.1, -0.05) is 75.7 Å². The lowest BCUT2D eigenvalue weighted by Crippen LogP contribution is -2.58. The molecule has 8 nitrogen and oxygen atoms in total. The van der Waals surface area contributed by atoms with Gasteiger partial charge in [0.2, 0.25) is 11.8 Å². The molecule has 0 spiro atoms. The Hall–Kier alpha value is -3.39. The molecule has 1 heterocycles. The maximum Gasteiger partial charge on any atom is 0.324 e. The largest absolute Gasteiger partial charge is 0.492 e. The molecule has 1 aliphatic heterocycles. The monoisotopic (exact) mass is 522 g/mol. The van der Waals surface area contributed by atoms with E-state index < -0.39 is 24.0 Å². The second kappa shape index (κ2) is 15.1. The second-order valence-electron chi connectivity index (χ2n) is 9.86. The third kappa shape index (κ3) is 8.31. The number of para-hydroxylation sites is 1. The number of rotatable bonds is 6. The first-order chi connectivity index (χ1) is 18.4. The highest BCUT2D eigenvalue weighted by Crippen LogP contribution is 2.20. The summed E-state index contributed by atoms with van der Waals surface area (Å²) in [4.78, 5) is 41.8. The Bertz CT molecular complexity index is 1050. The van der Waals surface area contributed by atoms with Crippen molar-refractivity contribution in [2.75, 3.05) is 26.2 Å². The third-order valence-corrected chi connectivity index (χ3v) is 7.02. The van der Waals surface area contributed by atoms with Crippen molar-refractivity contribution in [1.82, 2.24) is 20.9 Å². The van der Waals surface area contributed by atoms with Crippen LogP contribution in [0.2, 0.25) is 0 Å². The SMILES string of the molecule is CCCN1C(=O)NC(=O)[C@H](C(C)CC)NCCOc2ccccc2CCCNC(=O)[C@H]1Cc1ccccc1. The summed E-state index contributed by atoms with van der Waals surface area (Å²) in [5.41, 5.74) is 2.02. The molecule has 0 aliphatic carbocycles. The van der Waals surface area contributed by atoms with Crippen LogP contribution in [-0.4, -0.2) is 61.1 Å². The number of imide groups is 1. The molecule has 0 saturated heterocycles. The number of ether oxygens (including phenoxy) is 1. The summed E-state index contributed by atoms with van der Waals surface area (Å²) in [5.74, 6) is 0.186. The van der Waals surface area contributed by atoms with E-state index >= 15 is 0 Å². The predicted molar refractivity (Wildman–Crippen MR) is 149 cm³/mol. The first-order valence-corrected chi connectivity index (χ1v) is 13.8. The number of nitrogens with one attached hydrogen (secondary N) is 3. The number of aryl methyl sites for hydroxylation is 1. The van der Waals surface area contributed by atoms with E-state index in [4.69, 9.17) is 4.74 Å². The van der Waals surface area contributed by atoms with Crippen LogP contribution in [0.25, 0.3) is 0 Å². The fourth-order valence-corrected chi connectivity index (χ4v) is 4.70. The molecule has 0 radical (unpaired) electrons. The molecule has 206 valence electrons. The zero-order valence-electron chi connectivity index (χ0n) is 22.9. The summed E-state index contributed by atoms with van der Waals surface area (Å²) >= 11 is 0. The number of nitrogens with zero attached hydrogens (tertiary/aromatic N) is 1. The summed E-state index contributed by atoms with van der Waals surface area (Å²) in [7, 11) is 0. The Morgan fingerprint density at radius 3 is 2.45 bits per heavy atom. The van der Waals surface area contributed by atoms with Crippen molar-refractivity contribution >= 4 is 17.8 Å². The second-order valence-corrected chi connectivity index (χ2v) is 9.86. The van der Waals surface area contributed by atoms with E-state index in [9.17, 15) is 14.4 Å². The molecule has 8 heteroatoms. The van der Waals surface area contributed by atoms with Crippen molar-refractivity contribution in [3.05, 3.63) is 65.7 Å². The standard InChI is InChI=1S/C30H42N4O4/c1-4-19-34-25(21-23-12-7-6-8-13-23)28(35)32-17-11-15-24-14-9-10-16-26(24)38-20-18-31-27(22(3)5-2)29(36)33-30(34)37/h6-10,12-14,16,22,25,27,31H,4-5,11,15,17-21H2,1-3H3,(H,32,35)(H,33,36,37)/t22?,25-,27+/m1/s1. The van der Waals surface area contributed by atoms with Crippen molar-refractivity contribution in [1.29, 1.82) is 0 Å². The predicted octanol–water partition coefficient (Wildman–Crippen LogP) is 3.69. The van der Waals surface area contributed by atoms with Crippen LogP contribution in [0, 0.1) is 5.92 Å². The molecule has 0 bridgehead atoms. The number of carbonyl (C=O) groups is 3. The molecule has 2 aromatic rings. The average molecular weight is 523 g/mol. The van der Waals surface area contributed by atoms with Crippen LogP contribution in [-0.2, 0) is 22.4 Å². The molecule has 4 amide bonds. The van der Waals surface area contributed by atoms with E-state index in [2.05, 4.69) is 16.0 Å². The lowest BCUT2D eigenvalue weighted by atomic mass is 9.98. The topological polar surface area (TPSA) is 99.8 Å². The average Bonchev–Trinajstić information content (AvgIpc) is 2.93. The molecular formula is C30H42N4O4. The van der Waals surface area contributed by atoms with Crippen LogP contribution in [0.5, 0.6) is 5.75 Å². The number of benzene rings is 2. The van der Waals surface area contributed by atoms with Crippen molar-refractivity contribution in [2.45, 2.75) is 65.0 Å². The molecule has 3 rings (SSSR count). The Kier molecular flexibility index (Phi) is 11.6. The van der Waals surface area contributed by atoms with Gasteiger partial charge in [0.05, 0.1) is 6.04 Å². The van der Waals surface area contributed by atoms with E-state index in [1.54, 1.807) is 0 Å². The van der Waals surface area contributed by atoms with Gasteiger partial charge in [0.15, 0.2) is 0 Å². The number of amides is 4. The van der Waals surface area contributed by atoms with Crippen LogP contribution in [0.3, 0.4) is 0 Å². The number of fused-ring (bicyclic) bond motifs is 1. The fraction of sp³-hybridized carbons (Fsp3) is 0.500. The van der Waals surface area contributed by atoms with Crippen molar-refractivity contribution in [2.24, 2.45) is 5.92 Å². The number of hydrogen-bond donors (Lipinski definition) is 3. The smallest absolute Gasteiger partial charge is 0.324 e. The summed E-state index contributed by atoms with van der Waals surface area (Å²) in [6.45, 7) is 7.62. The van der Waals surface area contributed by atoms with E-state index in [1.165, 1.54) is 4.90 Å². The first-order valence-electron chi connectivity index (χ1n) is 13.8. The zero-order chi connectivity index (χ0) is 27.3. The number of carbonyl (C=O) groups excluding carboxylic acids is 3. The molecule has 0 aromatic heterocycles. The normalized spacial score (nSPS) is 20.9. The maximum atomic E-state index is 13.5. The third-order valence-electron chi connectivity index (χ3n) is 7.02. The Balaban J connectivity index is 1.90. The fourth-order valence-electron chi connectivity index (χ4n) is 4.70. The molecule has 1 unspecified atom stereocenters. The van der Waals surface area contributed by atoms with Crippen LogP contribution in [0.4, 0.5) is 4.79 Å². The summed E-state index contributed by atoms with van der Waals surface area (Å²) in [5, 5.41) is 8.91. The van der Waals surface area contributed by atoms with E-state index in [-0.39, 0.29) is 11.8 Å². The van der Waals surface area contributed by atoms with Gasteiger partial charge < -0.3 is 20.3 Å². The minimum Gasteiger partial charge on any atom is -0.492 e. The summed E-state index contributed by atoms with van der Waals surface area (Å²) < 4.78 is 6.03. The van der Waals surface area contributed by atoms with E-state index in [0.717, 1.165) is 36.1 Å². The van der Waals surface area contributed by atoms with Gasteiger partial charge in [-0.25, -0.2) is 4.79 Å². The van der Waals surface area contributed by atoms with Crippen LogP contribution in [0.15, 0.2) is 54.6 Å². The maximum absolute atomic E-state index is 13.5. The Morgan fingerprint density at radius 2 is 1.71 bits per heavy atom. The van der Waals surface area contributed by atoms with Crippen LogP contribution in [0.1, 0.15) is 51.2 Å². The van der Waals surface area contributed by atoms with Gasteiger partial charge >= 0.3 is 6.03 Å². The van der Waals surface area contributed by atoms with Gasteiger partial charge in [0.1, 0.15) is 18.4 Å². The zero-order valence-corrected chi connectivity index (χ0v) is 22.9. The lowest BCUT2D eigenvalue weighted by molar-refractivity contribution is -0.127. The van der Waals surface area contributed by atoms with Gasteiger partial charge in [-0.2, -0.15) is 0 Å². The van der Waals surface area contributed by atoms with Crippen molar-refractivity contribution in [3.8, 4) is 5.75 Å². The van der Waals surface area contributed by atoms with E-state index in [0.29, 0.717) is 39.1 Å². The minimum atomic E-state index is -0.744. The van der Waals surface area contributed by atoms with Gasteiger partial charge in [-0.05, 0) is 42.4 Å². The molecule has 2 aromatic carbocycles. The molecule has 3 N–H and O–H groups in total. The number of urea groups is 1. The van der Waals surface area contributed by atoms with Gasteiger partial charge in [0, 0.05) is 26.1 Å². The van der Waals surface area contributed by atoms with Gasteiger partial charge in [0.25, 0.3) is 0 Å². The van der Waals surface area contributed by atoms with Crippen molar-refractivity contribution in [3.63, 3.8) is 0 Å². The van der Waals surface area contributed by atoms with Crippen LogP contribution >= 0.6 is 0 Å². The first kappa shape index (κ1) is 29.2. The molecular weight excluding hydrogens is 480 g/mol. The molecule has 0 saturated carbocycles. The van der Waals surface area contributed by atoms with Gasteiger partial charge in [-0.15, -0.1) is 0 Å². The Morgan fingerprint density at radius 1 is 0.974 bits per heavy atom. The van der Waals surface area contributed by atoms with Crippen LogP contribution < -0.4 is 20.7 Å². The summed E-state index contributed by atoms with van der Waals surface area (Å²) in [6.07, 6.45) is 3.26. The van der Waals surface area contributed by atoms with Crippen molar-refractivity contribution < 1.29 is 19.1 Å². The molecule has 38 heavy (non-hydrogen) atoms. The highest BCUT2D eigenvalue weighted by atomic mass is 16.5. The highest BCUT2D eigenvalue weighted by molar-refractivity contribution is 5.98. The quantitative estimate of drug-likeness (QED) is 0.537. The Labute approximate surface area is 226 Å². The highest BCUT2D eigenvalue weighted by Gasteiger charge is 2.32. The molecule has 1 aliphatic rings. The number of hydrogen-bond acceptors (Lipinski definition) is 5. The lowest BCUT2D eigenvalue weighted by Gasteiger charge is -2.32. The molecule has 3 atom stereocenters. The van der Waals surface area contributed by atoms with E-state index in [1.807, 2.05) is 75.4 Å².